The van der Waals surface area contributed by atoms with E-state index in [1.807, 2.05) is 37.3 Å². The third-order valence-electron chi connectivity index (χ3n) is 5.56. The highest BCUT2D eigenvalue weighted by Gasteiger charge is 2.21. The number of anilines is 2. The number of hydrogen-bond acceptors (Lipinski definition) is 6. The van der Waals surface area contributed by atoms with Crippen LogP contribution in [0.3, 0.4) is 0 Å². The van der Waals surface area contributed by atoms with Crippen molar-refractivity contribution in [1.29, 1.82) is 0 Å². The molecule has 1 saturated heterocycles. The highest BCUT2D eigenvalue weighted by Crippen LogP contribution is 2.26. The Morgan fingerprint density at radius 1 is 1.00 bits per heavy atom. The van der Waals surface area contributed by atoms with E-state index in [4.69, 9.17) is 9.72 Å². The summed E-state index contributed by atoms with van der Waals surface area (Å²) in [7, 11) is 1.70. The first-order chi connectivity index (χ1) is 14.1. The van der Waals surface area contributed by atoms with E-state index in [0.717, 1.165) is 54.4 Å². The lowest BCUT2D eigenvalue weighted by molar-refractivity contribution is 0.414. The van der Waals surface area contributed by atoms with Crippen molar-refractivity contribution < 1.29 is 4.74 Å². The number of rotatable bonds is 5. The monoisotopic (exact) mass is 389 g/mol. The van der Waals surface area contributed by atoms with Crippen LogP contribution < -0.4 is 15.0 Å². The normalized spacial score (nSPS) is 14.7. The van der Waals surface area contributed by atoms with Crippen LogP contribution in [0.2, 0.25) is 0 Å². The molecule has 0 spiro atoms. The van der Waals surface area contributed by atoms with Crippen LogP contribution in [-0.2, 0) is 0 Å². The number of aryl methyl sites for hydroxylation is 1. The van der Waals surface area contributed by atoms with Gasteiger partial charge in [-0.1, -0.05) is 6.07 Å². The van der Waals surface area contributed by atoms with Gasteiger partial charge in [-0.05, 0) is 63.1 Å². The Labute approximate surface area is 172 Å². The van der Waals surface area contributed by atoms with E-state index in [1.54, 1.807) is 13.3 Å². The number of hydrogen-bond donors (Lipinski definition) is 1. The second-order valence-corrected chi connectivity index (χ2v) is 7.42. The third kappa shape index (κ3) is 4.31. The molecule has 0 unspecified atom stereocenters. The third-order valence-corrected chi connectivity index (χ3v) is 5.56. The largest absolute Gasteiger partial charge is 0.497 e. The van der Waals surface area contributed by atoms with Gasteiger partial charge >= 0.3 is 0 Å². The van der Waals surface area contributed by atoms with Crippen LogP contribution in [0, 0.1) is 13.8 Å². The van der Waals surface area contributed by atoms with Gasteiger partial charge in [-0.25, -0.2) is 9.97 Å². The first-order valence-corrected chi connectivity index (χ1v) is 10.1. The molecule has 1 aliphatic rings. The minimum atomic E-state index is 0.397. The van der Waals surface area contributed by atoms with Crippen LogP contribution in [0.5, 0.6) is 5.75 Å². The van der Waals surface area contributed by atoms with E-state index in [9.17, 15) is 0 Å². The topological polar surface area (TPSA) is 63.2 Å². The molecule has 4 rings (SSSR count). The van der Waals surface area contributed by atoms with Gasteiger partial charge in [0.15, 0.2) is 5.82 Å². The van der Waals surface area contributed by atoms with Crippen molar-refractivity contribution in [1.82, 2.24) is 15.0 Å². The molecule has 150 valence electrons. The summed E-state index contributed by atoms with van der Waals surface area (Å²) in [5.74, 6) is 2.48. The summed E-state index contributed by atoms with van der Waals surface area (Å²) in [6.07, 6.45) is 3.90. The molecule has 1 fully saturated rings. The lowest BCUT2D eigenvalue weighted by Crippen LogP contribution is -2.39. The van der Waals surface area contributed by atoms with E-state index in [0.29, 0.717) is 11.9 Å². The molecule has 0 bridgehead atoms. The summed E-state index contributed by atoms with van der Waals surface area (Å²) in [5, 5.41) is 3.66. The van der Waals surface area contributed by atoms with Crippen LogP contribution >= 0.6 is 0 Å². The van der Waals surface area contributed by atoms with Gasteiger partial charge in [-0.15, -0.1) is 0 Å². The number of aromatic nitrogens is 3. The molecule has 0 amide bonds. The van der Waals surface area contributed by atoms with E-state index < -0.39 is 0 Å². The molecule has 6 nitrogen and oxygen atoms in total. The van der Waals surface area contributed by atoms with Crippen molar-refractivity contribution in [3.05, 3.63) is 59.9 Å². The van der Waals surface area contributed by atoms with Crippen LogP contribution in [0.15, 0.2) is 48.7 Å². The number of ether oxygens (including phenoxy) is 1. The number of benzene rings is 1. The van der Waals surface area contributed by atoms with Crippen molar-refractivity contribution in [2.75, 3.05) is 30.4 Å². The fourth-order valence-corrected chi connectivity index (χ4v) is 3.65. The Balaban J connectivity index is 1.44. The van der Waals surface area contributed by atoms with Gasteiger partial charge in [0.05, 0.1) is 7.11 Å². The molecule has 1 aromatic carbocycles. The molecule has 2 aromatic heterocycles. The van der Waals surface area contributed by atoms with Gasteiger partial charge in [0.2, 0.25) is 0 Å². The predicted molar refractivity (Wildman–Crippen MR) is 117 cm³/mol. The molecule has 6 heteroatoms. The second kappa shape index (κ2) is 8.47. The van der Waals surface area contributed by atoms with Gasteiger partial charge in [-0.2, -0.15) is 0 Å². The maximum Gasteiger partial charge on any atom is 0.180 e. The van der Waals surface area contributed by atoms with Gasteiger partial charge in [-0.3, -0.25) is 4.98 Å². The highest BCUT2D eigenvalue weighted by atomic mass is 16.5. The molecule has 0 saturated carbocycles. The molecule has 0 atom stereocenters. The first-order valence-electron chi connectivity index (χ1n) is 10.1. The molecule has 29 heavy (non-hydrogen) atoms. The zero-order valence-corrected chi connectivity index (χ0v) is 17.2. The Kier molecular flexibility index (Phi) is 5.60. The predicted octanol–water partition coefficient (Wildman–Crippen LogP) is 4.24. The number of piperidine rings is 1. The maximum atomic E-state index is 5.26. The average Bonchev–Trinajstić information content (AvgIpc) is 2.78. The fraction of sp³-hybridized carbons (Fsp3) is 0.348. The maximum absolute atomic E-state index is 5.26. The minimum absolute atomic E-state index is 0.397. The summed E-state index contributed by atoms with van der Waals surface area (Å²) in [5.41, 5.74) is 4.13. The summed E-state index contributed by atoms with van der Waals surface area (Å²) in [4.78, 5) is 16.2. The van der Waals surface area contributed by atoms with Crippen molar-refractivity contribution in [3.63, 3.8) is 0 Å². The molecular formula is C23H27N5O. The molecule has 0 radical (unpaired) electrons. The van der Waals surface area contributed by atoms with E-state index >= 15 is 0 Å². The molecule has 3 heterocycles. The molecule has 3 aromatic rings. The van der Waals surface area contributed by atoms with Gasteiger partial charge in [0, 0.05) is 42.3 Å². The Hall–Kier alpha value is -3.15. The number of pyridine rings is 1. The van der Waals surface area contributed by atoms with E-state index in [2.05, 4.69) is 39.2 Å². The average molecular weight is 390 g/mol. The quantitative estimate of drug-likeness (QED) is 0.704. The van der Waals surface area contributed by atoms with Crippen LogP contribution in [0.4, 0.5) is 11.5 Å². The zero-order chi connectivity index (χ0) is 20.2. The Morgan fingerprint density at radius 3 is 2.41 bits per heavy atom. The first kappa shape index (κ1) is 19.2. The van der Waals surface area contributed by atoms with Crippen molar-refractivity contribution in [2.24, 2.45) is 0 Å². The molecule has 1 N–H and O–H groups in total. The van der Waals surface area contributed by atoms with Crippen LogP contribution in [-0.4, -0.2) is 41.2 Å². The van der Waals surface area contributed by atoms with Crippen LogP contribution in [0.1, 0.15) is 24.1 Å². The zero-order valence-electron chi connectivity index (χ0n) is 17.2. The molecular weight excluding hydrogens is 362 g/mol. The Morgan fingerprint density at radius 2 is 1.76 bits per heavy atom. The van der Waals surface area contributed by atoms with E-state index in [-0.39, 0.29) is 0 Å². The van der Waals surface area contributed by atoms with Crippen molar-refractivity contribution >= 4 is 11.5 Å². The Bertz CT molecular complexity index is 951. The fourth-order valence-electron chi connectivity index (χ4n) is 3.65. The summed E-state index contributed by atoms with van der Waals surface area (Å²) in [6.45, 7) is 6.13. The summed E-state index contributed by atoms with van der Waals surface area (Å²) < 4.78 is 5.26. The molecule has 1 aliphatic heterocycles. The number of methoxy groups -OCH3 is 1. The van der Waals surface area contributed by atoms with Crippen molar-refractivity contribution in [3.8, 4) is 17.3 Å². The lowest BCUT2D eigenvalue weighted by atomic mass is 10.0. The van der Waals surface area contributed by atoms with E-state index in [1.165, 1.54) is 5.69 Å². The molecule has 0 aliphatic carbocycles. The van der Waals surface area contributed by atoms with Crippen molar-refractivity contribution in [2.45, 2.75) is 32.7 Å². The summed E-state index contributed by atoms with van der Waals surface area (Å²) >= 11 is 0. The van der Waals surface area contributed by atoms with Gasteiger partial charge in [0.25, 0.3) is 0 Å². The second-order valence-electron chi connectivity index (χ2n) is 7.42. The van der Waals surface area contributed by atoms with Gasteiger partial charge < -0.3 is 15.0 Å². The number of nitrogens with one attached hydrogen (secondary N) is 1. The SMILES string of the molecule is COc1ccc(N2CCC(Nc3nc(-c4ccccn4)nc(C)c3C)CC2)cc1. The van der Waals surface area contributed by atoms with Crippen LogP contribution in [0.25, 0.3) is 11.5 Å². The number of nitrogens with zero attached hydrogens (tertiary/aromatic N) is 4. The lowest BCUT2D eigenvalue weighted by Gasteiger charge is -2.34. The summed E-state index contributed by atoms with van der Waals surface area (Å²) in [6, 6.07) is 14.5. The smallest absolute Gasteiger partial charge is 0.180 e. The van der Waals surface area contributed by atoms with Gasteiger partial charge in [0.1, 0.15) is 17.3 Å². The minimum Gasteiger partial charge on any atom is -0.497 e. The standard InChI is InChI=1S/C23H27N5O/c1-16-17(2)25-23(21-6-4-5-13-24-21)27-22(16)26-18-11-14-28(15-12-18)19-7-9-20(29-3)10-8-19/h4-10,13,18H,11-12,14-15H2,1-3H3,(H,25,26,27). The highest BCUT2D eigenvalue weighted by molar-refractivity contribution is 5.56.